The molecule has 0 bridgehead atoms. The van der Waals surface area contributed by atoms with Gasteiger partial charge in [0.25, 0.3) is 5.91 Å². The van der Waals surface area contributed by atoms with E-state index in [1.165, 1.54) is 0 Å². The number of hydrogen-bond donors (Lipinski definition) is 0. The van der Waals surface area contributed by atoms with Gasteiger partial charge >= 0.3 is 0 Å². The van der Waals surface area contributed by atoms with Gasteiger partial charge in [0.05, 0.1) is 31.6 Å². The first-order valence-corrected chi connectivity index (χ1v) is 9.65. The number of morpholine rings is 1. The highest BCUT2D eigenvalue weighted by Gasteiger charge is 2.29. The van der Waals surface area contributed by atoms with E-state index >= 15 is 0 Å². The number of methoxy groups -OCH3 is 1. The quantitative estimate of drug-likeness (QED) is 0.651. The summed E-state index contributed by atoms with van der Waals surface area (Å²) in [4.78, 5) is 23.8. The highest BCUT2D eigenvalue weighted by atomic mass is 35.5. The van der Waals surface area contributed by atoms with Gasteiger partial charge in [0, 0.05) is 35.1 Å². The normalized spacial score (nSPS) is 16.5. The maximum absolute atomic E-state index is 13.0. The molecule has 0 unspecified atom stereocenters. The molecule has 2 aromatic carbocycles. The summed E-state index contributed by atoms with van der Waals surface area (Å²) in [5, 5.41) is 0.624. The first-order valence-electron chi connectivity index (χ1n) is 9.27. The van der Waals surface area contributed by atoms with Crippen molar-refractivity contribution < 1.29 is 14.3 Å². The van der Waals surface area contributed by atoms with E-state index in [0.29, 0.717) is 47.4 Å². The maximum atomic E-state index is 13.0. The number of halogens is 1. The first kappa shape index (κ1) is 19.4. The van der Waals surface area contributed by atoms with Crippen LogP contribution < -0.4 is 4.74 Å². The Labute approximate surface area is 174 Å². The van der Waals surface area contributed by atoms with E-state index in [9.17, 15) is 4.79 Å². The van der Waals surface area contributed by atoms with E-state index in [1.54, 1.807) is 36.5 Å². The Hall–Kier alpha value is -2.96. The van der Waals surface area contributed by atoms with Crippen molar-refractivity contribution in [1.29, 1.82) is 0 Å². The monoisotopic (exact) mass is 409 g/mol. The molecule has 0 aliphatic carbocycles. The van der Waals surface area contributed by atoms with E-state index in [2.05, 4.69) is 9.97 Å². The SMILES string of the molecule is COc1cccc(C(=O)N2CCO[C@@H](c3nccnc3-c3cccc(Cl)c3)C2)c1. The number of carbonyl (C=O) groups excluding carboxylic acids is 1. The van der Waals surface area contributed by atoms with Gasteiger partial charge in [-0.15, -0.1) is 0 Å². The lowest BCUT2D eigenvalue weighted by Crippen LogP contribution is -2.42. The fourth-order valence-electron chi connectivity index (χ4n) is 3.38. The first-order chi connectivity index (χ1) is 14.2. The molecule has 1 aliphatic heterocycles. The van der Waals surface area contributed by atoms with Crippen LogP contribution in [-0.4, -0.2) is 47.6 Å². The molecule has 0 radical (unpaired) electrons. The van der Waals surface area contributed by atoms with Crippen molar-refractivity contribution in [3.63, 3.8) is 0 Å². The van der Waals surface area contributed by atoms with Gasteiger partial charge in [-0.2, -0.15) is 0 Å². The molecule has 4 rings (SSSR count). The number of rotatable bonds is 4. The number of nitrogens with zero attached hydrogens (tertiary/aromatic N) is 3. The van der Waals surface area contributed by atoms with E-state index in [1.807, 2.05) is 36.4 Å². The largest absolute Gasteiger partial charge is 0.497 e. The molecule has 7 heteroatoms. The minimum Gasteiger partial charge on any atom is -0.497 e. The number of hydrogen-bond acceptors (Lipinski definition) is 5. The number of amides is 1. The van der Waals surface area contributed by atoms with Crippen molar-refractivity contribution in [2.24, 2.45) is 0 Å². The summed E-state index contributed by atoms with van der Waals surface area (Å²) in [5.74, 6) is 0.586. The molecule has 1 atom stereocenters. The second-order valence-electron chi connectivity index (χ2n) is 6.64. The zero-order valence-electron chi connectivity index (χ0n) is 15.9. The molecule has 0 spiro atoms. The van der Waals surface area contributed by atoms with Crippen LogP contribution in [0.1, 0.15) is 22.2 Å². The lowest BCUT2D eigenvalue weighted by molar-refractivity contribution is -0.0246. The summed E-state index contributed by atoms with van der Waals surface area (Å²) < 4.78 is 11.2. The fraction of sp³-hybridized carbons (Fsp3) is 0.227. The van der Waals surface area contributed by atoms with Gasteiger partial charge in [-0.1, -0.05) is 29.8 Å². The number of aromatic nitrogens is 2. The summed E-state index contributed by atoms with van der Waals surface area (Å²) in [5.41, 5.74) is 2.84. The van der Waals surface area contributed by atoms with Gasteiger partial charge in [-0.3, -0.25) is 14.8 Å². The summed E-state index contributed by atoms with van der Waals surface area (Å²) in [7, 11) is 1.58. The lowest BCUT2D eigenvalue weighted by atomic mass is 10.0. The van der Waals surface area contributed by atoms with E-state index < -0.39 is 0 Å². The summed E-state index contributed by atoms with van der Waals surface area (Å²) in [6.07, 6.45) is 2.90. The minimum atomic E-state index is -0.374. The van der Waals surface area contributed by atoms with Crippen LogP contribution in [0.15, 0.2) is 60.9 Å². The Morgan fingerprint density at radius 2 is 2.00 bits per heavy atom. The standard InChI is InChI=1S/C22H20ClN3O3/c1-28-18-7-3-5-16(13-18)22(27)26-10-11-29-19(14-26)21-20(24-8-9-25-21)15-4-2-6-17(23)12-15/h2-9,12-13,19H,10-11,14H2,1H3/t19-/m1/s1. The molecule has 1 amide bonds. The molecule has 2 heterocycles. The van der Waals surface area contributed by atoms with E-state index in [0.717, 1.165) is 5.56 Å². The summed E-state index contributed by atoms with van der Waals surface area (Å²) in [6.45, 7) is 1.33. The summed E-state index contributed by atoms with van der Waals surface area (Å²) >= 11 is 6.15. The van der Waals surface area contributed by atoms with Crippen LogP contribution in [0.5, 0.6) is 5.75 Å². The second kappa shape index (κ2) is 8.59. The predicted molar refractivity (Wildman–Crippen MR) is 110 cm³/mol. The molecule has 0 saturated carbocycles. The van der Waals surface area contributed by atoms with Crippen molar-refractivity contribution >= 4 is 17.5 Å². The molecule has 1 aromatic heterocycles. The maximum Gasteiger partial charge on any atom is 0.254 e. The molecular weight excluding hydrogens is 390 g/mol. The van der Waals surface area contributed by atoms with Gasteiger partial charge in [-0.05, 0) is 30.3 Å². The van der Waals surface area contributed by atoms with Crippen molar-refractivity contribution in [3.05, 3.63) is 77.2 Å². The molecule has 1 saturated heterocycles. The average Bonchev–Trinajstić information content (AvgIpc) is 2.78. The Kier molecular flexibility index (Phi) is 5.74. The van der Waals surface area contributed by atoms with Crippen LogP contribution in [-0.2, 0) is 4.74 Å². The van der Waals surface area contributed by atoms with Gasteiger partial charge in [-0.25, -0.2) is 0 Å². The molecule has 6 nitrogen and oxygen atoms in total. The van der Waals surface area contributed by atoms with Crippen molar-refractivity contribution in [2.45, 2.75) is 6.10 Å². The van der Waals surface area contributed by atoms with Crippen molar-refractivity contribution in [2.75, 3.05) is 26.8 Å². The highest BCUT2D eigenvalue weighted by molar-refractivity contribution is 6.30. The van der Waals surface area contributed by atoms with E-state index in [-0.39, 0.29) is 12.0 Å². The zero-order valence-corrected chi connectivity index (χ0v) is 16.7. The third-order valence-corrected chi connectivity index (χ3v) is 5.04. The van der Waals surface area contributed by atoms with Crippen LogP contribution >= 0.6 is 11.6 Å². The number of carbonyl (C=O) groups is 1. The molecule has 1 aliphatic rings. The fourth-order valence-corrected chi connectivity index (χ4v) is 3.57. The van der Waals surface area contributed by atoms with E-state index in [4.69, 9.17) is 21.1 Å². The molecule has 148 valence electrons. The Morgan fingerprint density at radius 1 is 1.17 bits per heavy atom. The topological polar surface area (TPSA) is 64.5 Å². The van der Waals surface area contributed by atoms with Crippen LogP contribution in [0.2, 0.25) is 5.02 Å². The zero-order chi connectivity index (χ0) is 20.2. The molecule has 0 N–H and O–H groups in total. The van der Waals surface area contributed by atoms with Gasteiger partial charge in [0.2, 0.25) is 0 Å². The highest BCUT2D eigenvalue weighted by Crippen LogP contribution is 2.30. The van der Waals surface area contributed by atoms with Gasteiger partial charge < -0.3 is 14.4 Å². The summed E-state index contributed by atoms with van der Waals surface area (Å²) in [6, 6.07) is 14.6. The van der Waals surface area contributed by atoms with Gasteiger partial charge in [0.15, 0.2) is 0 Å². The average molecular weight is 410 g/mol. The Balaban J connectivity index is 1.60. The molecular formula is C22H20ClN3O3. The van der Waals surface area contributed by atoms with Crippen molar-refractivity contribution in [1.82, 2.24) is 14.9 Å². The van der Waals surface area contributed by atoms with Crippen LogP contribution in [0, 0.1) is 0 Å². The molecule has 29 heavy (non-hydrogen) atoms. The second-order valence-corrected chi connectivity index (χ2v) is 7.08. The molecule has 1 fully saturated rings. The van der Waals surface area contributed by atoms with Gasteiger partial charge in [0.1, 0.15) is 11.9 Å². The third-order valence-electron chi connectivity index (χ3n) is 4.80. The number of ether oxygens (including phenoxy) is 2. The lowest BCUT2D eigenvalue weighted by Gasteiger charge is -2.33. The predicted octanol–water partition coefficient (Wildman–Crippen LogP) is 4.02. The smallest absolute Gasteiger partial charge is 0.254 e. The third kappa shape index (κ3) is 4.23. The Morgan fingerprint density at radius 3 is 2.83 bits per heavy atom. The molecule has 3 aromatic rings. The Bertz CT molecular complexity index is 1030. The van der Waals surface area contributed by atoms with Crippen LogP contribution in [0.3, 0.4) is 0 Å². The van der Waals surface area contributed by atoms with Crippen molar-refractivity contribution in [3.8, 4) is 17.0 Å². The van der Waals surface area contributed by atoms with Crippen LogP contribution in [0.25, 0.3) is 11.3 Å². The van der Waals surface area contributed by atoms with Crippen LogP contribution in [0.4, 0.5) is 0 Å². The minimum absolute atomic E-state index is 0.0644. The number of benzene rings is 2.